The van der Waals surface area contributed by atoms with E-state index in [9.17, 15) is 0 Å². The number of nitrogens with zero attached hydrogens (tertiary/aromatic N) is 4. The van der Waals surface area contributed by atoms with Crippen LogP contribution in [0.5, 0.6) is 0 Å². The molecule has 8 heteroatoms. The smallest absolute Gasteiger partial charge is 0.691 e. The molecule has 0 bridgehead atoms. The molecule has 4 rings (SSSR count). The molecule has 4 aliphatic rings. The minimum atomic E-state index is 0. The third kappa shape index (κ3) is 17.7. The van der Waals surface area contributed by atoms with E-state index in [4.69, 9.17) is 9.47 Å². The molecule has 4 heterocycles. The van der Waals surface area contributed by atoms with Crippen LogP contribution >= 0.6 is 0 Å². The van der Waals surface area contributed by atoms with Crippen LogP contribution < -0.4 is 51.4 Å². The predicted molar refractivity (Wildman–Crippen MR) is 130 cm³/mol. The van der Waals surface area contributed by atoms with Crippen LogP contribution in [0.25, 0.3) is 21.3 Å². The van der Waals surface area contributed by atoms with Gasteiger partial charge in [0.05, 0.1) is 0 Å². The molecule has 4 aliphatic heterocycles. The molecule has 0 atom stereocenters. The Morgan fingerprint density at radius 1 is 0.758 bits per heavy atom. The summed E-state index contributed by atoms with van der Waals surface area (Å²) in [6.07, 6.45) is 23.8. The number of hydrogen-bond acceptors (Lipinski definition) is 2. The van der Waals surface area contributed by atoms with Gasteiger partial charge in [0.2, 0.25) is 0 Å². The van der Waals surface area contributed by atoms with E-state index < -0.39 is 0 Å². The van der Waals surface area contributed by atoms with Crippen molar-refractivity contribution in [3.63, 3.8) is 0 Å². The molecule has 0 unspecified atom stereocenters. The van der Waals surface area contributed by atoms with Crippen molar-refractivity contribution in [3.8, 4) is 0 Å². The summed E-state index contributed by atoms with van der Waals surface area (Å²) < 4.78 is 9.89. The van der Waals surface area contributed by atoms with Gasteiger partial charge in [-0.25, -0.2) is 0 Å². The third-order valence-electron chi connectivity index (χ3n) is 4.52. The van der Waals surface area contributed by atoms with Crippen molar-refractivity contribution in [1.82, 2.24) is 0 Å². The van der Waals surface area contributed by atoms with Crippen LogP contribution in [0, 0.1) is 5.41 Å². The Morgan fingerprint density at radius 3 is 1.42 bits per heavy atom. The maximum atomic E-state index is 4.94. The number of ether oxygens (including phenoxy) is 2. The molecule has 0 saturated carbocycles. The zero-order valence-electron chi connectivity index (χ0n) is 20.3. The second-order valence-electron chi connectivity index (χ2n) is 8.25. The van der Waals surface area contributed by atoms with Gasteiger partial charge in [-0.15, -0.1) is 13.1 Å². The summed E-state index contributed by atoms with van der Waals surface area (Å²) in [6.45, 7) is 9.73. The van der Waals surface area contributed by atoms with Gasteiger partial charge in [-0.3, -0.25) is 0 Å². The Labute approximate surface area is 253 Å². The second kappa shape index (κ2) is 21.0. The molecule has 0 aromatic rings. The zero-order valence-corrected chi connectivity index (χ0v) is 24.4. The van der Waals surface area contributed by atoms with Gasteiger partial charge in [-0.2, -0.15) is 36.2 Å². The van der Waals surface area contributed by atoms with Gasteiger partial charge < -0.3 is 30.7 Å². The molecular weight excluding hydrogens is 486 g/mol. The maximum Gasteiger partial charge on any atom is 3.00 e. The van der Waals surface area contributed by atoms with Gasteiger partial charge >= 0.3 is 67.9 Å². The largest absolute Gasteiger partial charge is 3.00 e. The standard InChI is InChI=1S/C17H20N4.2C4H8O.K.Ni/c1-17(2,13-18-11-15-7-3-5-9-20-15)14-19-12-16-8-4-6-10-21-16;2*1-2-4-5-3-1;;/h3-12H,13-14H2,1-2H3;2*1-4H2;;/q-4;;;+1;+3/b15-11-,16-12-;;;;. The first-order valence-electron chi connectivity index (χ1n) is 11.1. The molecule has 0 spiro atoms. The minimum absolute atomic E-state index is 0. The van der Waals surface area contributed by atoms with Crippen LogP contribution in [-0.4, -0.2) is 39.5 Å². The van der Waals surface area contributed by atoms with Crippen molar-refractivity contribution in [2.24, 2.45) is 5.41 Å². The molecule has 0 aliphatic carbocycles. The molecule has 33 heavy (non-hydrogen) atoms. The van der Waals surface area contributed by atoms with Crippen molar-refractivity contribution in [2.45, 2.75) is 39.5 Å². The fraction of sp³-hybridized carbons (Fsp3) is 0.520. The quantitative estimate of drug-likeness (QED) is 0.496. The molecular formula is C25H36KN4NiO2. The SMILES string of the molecule is C1CCOC1.C1CCOC1.CC(C)(C[N-]/C=C1/C=CC=C[N-]1)C[N-]/C=C1/C=CC=C[N-]1.[K+].[Ni+3]. The van der Waals surface area contributed by atoms with Crippen LogP contribution in [0.4, 0.5) is 0 Å². The minimum Gasteiger partial charge on any atom is -0.691 e. The summed E-state index contributed by atoms with van der Waals surface area (Å²) in [4.78, 5) is 0. The van der Waals surface area contributed by atoms with Crippen molar-refractivity contribution in [2.75, 3.05) is 39.5 Å². The van der Waals surface area contributed by atoms with E-state index in [2.05, 4.69) is 35.1 Å². The number of rotatable bonds is 6. The molecule has 1 radical (unpaired) electrons. The molecule has 0 aromatic heterocycles. The fourth-order valence-corrected chi connectivity index (χ4v) is 2.75. The molecule has 179 valence electrons. The van der Waals surface area contributed by atoms with E-state index >= 15 is 0 Å². The van der Waals surface area contributed by atoms with E-state index in [1.54, 1.807) is 12.4 Å². The van der Waals surface area contributed by atoms with Gasteiger partial charge in [0.15, 0.2) is 0 Å². The normalized spacial score (nSPS) is 20.3. The summed E-state index contributed by atoms with van der Waals surface area (Å²) in [6, 6.07) is 0. The Kier molecular flexibility index (Phi) is 20.8. The van der Waals surface area contributed by atoms with Gasteiger partial charge in [-0.1, -0.05) is 55.7 Å². The van der Waals surface area contributed by atoms with E-state index in [0.717, 1.165) is 37.8 Å². The van der Waals surface area contributed by atoms with Crippen LogP contribution in [-0.2, 0) is 26.0 Å². The first-order chi connectivity index (χ1) is 15.2. The second-order valence-corrected chi connectivity index (χ2v) is 8.25. The molecule has 2 fully saturated rings. The fourth-order valence-electron chi connectivity index (χ4n) is 2.75. The molecule has 0 aromatic carbocycles. The van der Waals surface area contributed by atoms with Crippen molar-refractivity contribution < 1.29 is 77.3 Å². The van der Waals surface area contributed by atoms with Crippen LogP contribution in [0.3, 0.4) is 0 Å². The van der Waals surface area contributed by atoms with Crippen LogP contribution in [0.2, 0.25) is 0 Å². The van der Waals surface area contributed by atoms with Gasteiger partial charge in [0.1, 0.15) is 0 Å². The predicted octanol–water partition coefficient (Wildman–Crippen LogP) is 3.95. The third-order valence-corrected chi connectivity index (χ3v) is 4.52. The van der Waals surface area contributed by atoms with E-state index in [0.29, 0.717) is 13.1 Å². The first-order valence-corrected chi connectivity index (χ1v) is 11.1. The van der Waals surface area contributed by atoms with Gasteiger partial charge in [-0.05, 0) is 25.7 Å². The maximum absolute atomic E-state index is 4.94. The first kappa shape index (κ1) is 32.7. The van der Waals surface area contributed by atoms with E-state index in [-0.39, 0.29) is 73.3 Å². The topological polar surface area (TPSA) is 74.9 Å². The Hall–Kier alpha value is -0.310. The van der Waals surface area contributed by atoms with E-state index in [1.165, 1.54) is 25.7 Å². The Bertz CT molecular complexity index is 609. The number of allylic oxidation sites excluding steroid dienone is 6. The summed E-state index contributed by atoms with van der Waals surface area (Å²) in [5, 5.41) is 17.3. The molecule has 6 nitrogen and oxygen atoms in total. The summed E-state index contributed by atoms with van der Waals surface area (Å²) in [5.41, 5.74) is 1.77. The van der Waals surface area contributed by atoms with E-state index in [1.807, 2.05) is 48.9 Å². The monoisotopic (exact) mass is 521 g/mol. The van der Waals surface area contributed by atoms with Crippen LogP contribution in [0.15, 0.2) is 72.7 Å². The molecule has 2 saturated heterocycles. The summed E-state index contributed by atoms with van der Waals surface area (Å²) in [5.74, 6) is 0. The van der Waals surface area contributed by atoms with Gasteiger partial charge in [0, 0.05) is 26.4 Å². The molecule has 0 amide bonds. The summed E-state index contributed by atoms with van der Waals surface area (Å²) in [7, 11) is 0. The van der Waals surface area contributed by atoms with Gasteiger partial charge in [0.25, 0.3) is 0 Å². The zero-order chi connectivity index (χ0) is 22.0. The van der Waals surface area contributed by atoms with Crippen molar-refractivity contribution >= 4 is 0 Å². The molecule has 0 N–H and O–H groups in total. The van der Waals surface area contributed by atoms with Crippen molar-refractivity contribution in [1.29, 1.82) is 0 Å². The average molecular weight is 522 g/mol. The number of hydrogen-bond donors (Lipinski definition) is 0. The Balaban J connectivity index is 0.000000701. The summed E-state index contributed by atoms with van der Waals surface area (Å²) >= 11 is 0. The van der Waals surface area contributed by atoms with Crippen molar-refractivity contribution in [3.05, 3.63) is 93.9 Å². The average Bonchev–Trinajstić information content (AvgIpc) is 3.54. The Morgan fingerprint density at radius 2 is 1.15 bits per heavy atom. The van der Waals surface area contributed by atoms with Crippen LogP contribution in [0.1, 0.15) is 39.5 Å².